The van der Waals surface area contributed by atoms with Gasteiger partial charge in [-0.2, -0.15) is 0 Å². The van der Waals surface area contributed by atoms with Crippen LogP contribution in [-0.4, -0.2) is 0 Å². The second-order valence-electron chi connectivity index (χ2n) is 10.9. The number of fused-ring (bicyclic) bond motifs is 6. The highest BCUT2D eigenvalue weighted by Crippen LogP contribution is 2.48. The van der Waals surface area contributed by atoms with E-state index in [0.717, 1.165) is 27.7 Å². The van der Waals surface area contributed by atoms with Crippen LogP contribution < -0.4 is 0 Å². The highest BCUT2D eigenvalue weighted by atomic mass is 16.3. The number of rotatable bonds is 4. The zero-order valence-corrected chi connectivity index (χ0v) is 23.4. The van der Waals surface area contributed by atoms with Crippen LogP contribution in [0.2, 0.25) is 0 Å². The molecule has 8 aromatic rings. The molecule has 0 fully saturated rings. The summed E-state index contributed by atoms with van der Waals surface area (Å²) < 4.78 is 6.46. The van der Waals surface area contributed by atoms with E-state index in [2.05, 4.69) is 135 Å². The van der Waals surface area contributed by atoms with Gasteiger partial charge in [-0.05, 0) is 79.0 Å². The Balaban J connectivity index is 1.55. The molecule has 1 heterocycles. The van der Waals surface area contributed by atoms with Gasteiger partial charge in [-0.1, -0.05) is 134 Å². The average molecular weight is 537 g/mol. The molecular weight excluding hydrogens is 508 g/mol. The van der Waals surface area contributed by atoms with Crippen LogP contribution >= 0.6 is 0 Å². The third-order valence-electron chi connectivity index (χ3n) is 8.62. The molecule has 0 saturated carbocycles. The van der Waals surface area contributed by atoms with Crippen molar-refractivity contribution < 1.29 is 4.42 Å². The summed E-state index contributed by atoms with van der Waals surface area (Å²) in [5, 5.41) is 11.0. The van der Waals surface area contributed by atoms with Crippen molar-refractivity contribution in [3.63, 3.8) is 0 Å². The monoisotopic (exact) mass is 536 g/mol. The Labute approximate surface area is 244 Å². The van der Waals surface area contributed by atoms with Crippen LogP contribution in [0, 0.1) is 6.92 Å². The lowest BCUT2D eigenvalue weighted by atomic mass is 9.83. The molecule has 0 atom stereocenters. The average Bonchev–Trinajstić information content (AvgIpc) is 3.37. The molecule has 0 unspecified atom stereocenters. The SMILES string of the molecule is C=C/C=C\c1oc2c(cc(-c3c4ccccc4c(-c4cccc5ccccc45)c4ccccc34)c3ccccc32)c1C. The van der Waals surface area contributed by atoms with E-state index in [4.69, 9.17) is 4.42 Å². The quantitative estimate of drug-likeness (QED) is 0.161. The molecule has 0 aliphatic rings. The van der Waals surface area contributed by atoms with E-state index in [1.165, 1.54) is 60.0 Å². The highest BCUT2D eigenvalue weighted by molar-refractivity contribution is 6.26. The predicted octanol–water partition coefficient (Wildman–Crippen LogP) is 11.9. The number of allylic oxidation sites excluding steroid dienone is 2. The lowest BCUT2D eigenvalue weighted by Crippen LogP contribution is -1.92. The van der Waals surface area contributed by atoms with Crippen molar-refractivity contribution in [2.45, 2.75) is 6.92 Å². The maximum Gasteiger partial charge on any atom is 0.142 e. The standard InChI is InChI=1S/C41H28O/c1-3-4-24-38-26(2)36-25-37(29-17-7-12-22-35(29)41(36)42-38)40-33-20-10-8-18-31(33)39(32-19-9-11-21-34(32)40)30-23-13-15-27-14-5-6-16-28(27)30/h3-25H,1H2,2H3/b24-4-. The van der Waals surface area contributed by atoms with Gasteiger partial charge in [-0.25, -0.2) is 0 Å². The van der Waals surface area contributed by atoms with Gasteiger partial charge in [0.05, 0.1) is 0 Å². The Kier molecular flexibility index (Phi) is 5.58. The summed E-state index contributed by atoms with van der Waals surface area (Å²) in [6, 6.07) is 44.1. The fourth-order valence-electron chi connectivity index (χ4n) is 6.73. The van der Waals surface area contributed by atoms with Crippen LogP contribution in [0.5, 0.6) is 0 Å². The Morgan fingerprint density at radius 1 is 0.524 bits per heavy atom. The van der Waals surface area contributed by atoms with Crippen LogP contribution in [0.3, 0.4) is 0 Å². The van der Waals surface area contributed by atoms with Gasteiger partial charge in [0.1, 0.15) is 11.3 Å². The first kappa shape index (κ1) is 24.4. The molecular formula is C41H28O. The topological polar surface area (TPSA) is 13.1 Å². The fraction of sp³-hybridized carbons (Fsp3) is 0.0244. The van der Waals surface area contributed by atoms with Gasteiger partial charge >= 0.3 is 0 Å². The summed E-state index contributed by atoms with van der Waals surface area (Å²) in [7, 11) is 0. The molecule has 0 aliphatic heterocycles. The second kappa shape index (κ2) is 9.61. The van der Waals surface area contributed by atoms with Crippen LogP contribution in [0.15, 0.2) is 144 Å². The first-order valence-corrected chi connectivity index (χ1v) is 14.4. The molecule has 0 amide bonds. The first-order chi connectivity index (χ1) is 20.7. The highest BCUT2D eigenvalue weighted by Gasteiger charge is 2.21. The van der Waals surface area contributed by atoms with E-state index in [1.807, 2.05) is 12.2 Å². The summed E-state index contributed by atoms with van der Waals surface area (Å²) in [5.41, 5.74) is 7.08. The van der Waals surface area contributed by atoms with E-state index < -0.39 is 0 Å². The van der Waals surface area contributed by atoms with E-state index >= 15 is 0 Å². The minimum atomic E-state index is 0.869. The Hall–Kier alpha value is -5.40. The number of aryl methyl sites for hydroxylation is 1. The molecule has 0 N–H and O–H groups in total. The molecule has 0 saturated heterocycles. The molecule has 1 nitrogen and oxygen atoms in total. The van der Waals surface area contributed by atoms with Gasteiger partial charge in [0.25, 0.3) is 0 Å². The lowest BCUT2D eigenvalue weighted by molar-refractivity contribution is 0.604. The lowest BCUT2D eigenvalue weighted by Gasteiger charge is -2.20. The van der Waals surface area contributed by atoms with Gasteiger partial charge in [0.2, 0.25) is 0 Å². The van der Waals surface area contributed by atoms with Gasteiger partial charge in [0.15, 0.2) is 0 Å². The molecule has 0 bridgehead atoms. The molecule has 0 spiro atoms. The summed E-state index contributed by atoms with van der Waals surface area (Å²) in [5.74, 6) is 0.869. The summed E-state index contributed by atoms with van der Waals surface area (Å²) in [6.07, 6.45) is 5.72. The largest absolute Gasteiger partial charge is 0.456 e. The van der Waals surface area contributed by atoms with E-state index in [9.17, 15) is 0 Å². The maximum atomic E-state index is 6.46. The summed E-state index contributed by atoms with van der Waals surface area (Å²) in [6.45, 7) is 5.98. The van der Waals surface area contributed by atoms with Crippen molar-refractivity contribution in [3.05, 3.63) is 151 Å². The summed E-state index contributed by atoms with van der Waals surface area (Å²) >= 11 is 0. The van der Waals surface area contributed by atoms with E-state index in [1.54, 1.807) is 6.08 Å². The predicted molar refractivity (Wildman–Crippen MR) is 181 cm³/mol. The molecule has 1 aromatic heterocycles. The third-order valence-corrected chi connectivity index (χ3v) is 8.62. The van der Waals surface area contributed by atoms with Crippen molar-refractivity contribution in [3.8, 4) is 22.3 Å². The Morgan fingerprint density at radius 2 is 1.05 bits per heavy atom. The van der Waals surface area contributed by atoms with Crippen LogP contribution in [0.25, 0.3) is 82.4 Å². The van der Waals surface area contributed by atoms with E-state index in [-0.39, 0.29) is 0 Å². The van der Waals surface area contributed by atoms with Gasteiger partial charge in [0, 0.05) is 16.3 Å². The van der Waals surface area contributed by atoms with Crippen molar-refractivity contribution in [1.29, 1.82) is 0 Å². The molecule has 0 radical (unpaired) electrons. The van der Waals surface area contributed by atoms with Gasteiger partial charge in [-0.15, -0.1) is 0 Å². The molecule has 198 valence electrons. The van der Waals surface area contributed by atoms with Crippen molar-refractivity contribution in [2.75, 3.05) is 0 Å². The minimum absolute atomic E-state index is 0.869. The minimum Gasteiger partial charge on any atom is -0.456 e. The zero-order chi connectivity index (χ0) is 28.2. The van der Waals surface area contributed by atoms with Gasteiger partial charge in [-0.3, -0.25) is 0 Å². The molecule has 0 aliphatic carbocycles. The normalized spacial score (nSPS) is 11.9. The van der Waals surface area contributed by atoms with Crippen LogP contribution in [0.4, 0.5) is 0 Å². The number of hydrogen-bond donors (Lipinski definition) is 0. The fourth-order valence-corrected chi connectivity index (χ4v) is 6.73. The van der Waals surface area contributed by atoms with Crippen LogP contribution in [0.1, 0.15) is 11.3 Å². The van der Waals surface area contributed by atoms with Crippen molar-refractivity contribution >= 4 is 60.1 Å². The number of hydrogen-bond acceptors (Lipinski definition) is 1. The second-order valence-corrected chi connectivity index (χ2v) is 10.9. The first-order valence-electron chi connectivity index (χ1n) is 14.4. The van der Waals surface area contributed by atoms with Crippen molar-refractivity contribution in [2.24, 2.45) is 0 Å². The number of furan rings is 1. The smallest absolute Gasteiger partial charge is 0.142 e. The molecule has 1 heteroatoms. The van der Waals surface area contributed by atoms with Crippen LogP contribution in [-0.2, 0) is 0 Å². The third kappa shape index (κ3) is 3.57. The summed E-state index contributed by atoms with van der Waals surface area (Å²) in [4.78, 5) is 0. The Bertz CT molecular complexity index is 2320. The Morgan fingerprint density at radius 3 is 1.69 bits per heavy atom. The van der Waals surface area contributed by atoms with Gasteiger partial charge < -0.3 is 4.42 Å². The number of benzene rings is 7. The maximum absolute atomic E-state index is 6.46. The molecule has 7 aromatic carbocycles. The van der Waals surface area contributed by atoms with Crippen molar-refractivity contribution in [1.82, 2.24) is 0 Å². The zero-order valence-electron chi connectivity index (χ0n) is 23.4. The molecule has 8 rings (SSSR count). The van der Waals surface area contributed by atoms with E-state index in [0.29, 0.717) is 0 Å². The molecule has 42 heavy (non-hydrogen) atoms.